The summed E-state index contributed by atoms with van der Waals surface area (Å²) in [6.45, 7) is 3.77. The minimum atomic E-state index is -0.968. The standard InChI is InChI=1S/C20H30N2O5/c1-4-5-6-7-12-20(2)18(24)22(19(25)21-20)13-15(23)14-27-17-10-8-16(26-3)9-11-17/h8-11,15,23H,4-7,12-14H2,1-3H3,(H,21,25). The number of rotatable bonds is 11. The second-order valence-electron chi connectivity index (χ2n) is 7.13. The lowest BCUT2D eigenvalue weighted by molar-refractivity contribution is -0.132. The molecular formula is C20H30N2O5. The Morgan fingerprint density at radius 3 is 2.44 bits per heavy atom. The summed E-state index contributed by atoms with van der Waals surface area (Å²) in [5, 5.41) is 13.0. The van der Waals surface area contributed by atoms with Crippen LogP contribution in [0.4, 0.5) is 4.79 Å². The Bertz CT molecular complexity index is 634. The SMILES string of the molecule is CCCCCCC1(C)NC(=O)N(CC(O)COc2ccc(OC)cc2)C1=O. The number of nitrogens with one attached hydrogen (secondary N) is 1. The molecule has 1 fully saturated rings. The Balaban J connectivity index is 1.84. The summed E-state index contributed by atoms with van der Waals surface area (Å²) >= 11 is 0. The summed E-state index contributed by atoms with van der Waals surface area (Å²) in [6, 6.07) is 6.51. The molecule has 1 aromatic rings. The lowest BCUT2D eigenvalue weighted by Gasteiger charge is -2.22. The molecule has 3 amide bonds. The van der Waals surface area contributed by atoms with Gasteiger partial charge in [0, 0.05) is 0 Å². The van der Waals surface area contributed by atoms with E-state index in [0.717, 1.165) is 30.6 Å². The van der Waals surface area contributed by atoms with E-state index in [9.17, 15) is 14.7 Å². The molecular weight excluding hydrogens is 348 g/mol. The van der Waals surface area contributed by atoms with Crippen LogP contribution in [0.3, 0.4) is 0 Å². The van der Waals surface area contributed by atoms with Gasteiger partial charge in [0.15, 0.2) is 0 Å². The Labute approximate surface area is 160 Å². The zero-order chi connectivity index (χ0) is 19.9. The fourth-order valence-corrected chi connectivity index (χ4v) is 3.12. The number of hydrogen-bond acceptors (Lipinski definition) is 5. The molecule has 2 N–H and O–H groups in total. The van der Waals surface area contributed by atoms with Gasteiger partial charge in [0.2, 0.25) is 0 Å². The third-order valence-electron chi connectivity index (χ3n) is 4.77. The van der Waals surface area contributed by atoms with E-state index < -0.39 is 17.7 Å². The van der Waals surface area contributed by atoms with E-state index in [1.165, 1.54) is 0 Å². The van der Waals surface area contributed by atoms with Gasteiger partial charge in [-0.3, -0.25) is 9.69 Å². The third kappa shape index (κ3) is 5.60. The number of benzene rings is 1. The number of carbonyl (C=O) groups excluding carboxylic acids is 2. The fourth-order valence-electron chi connectivity index (χ4n) is 3.12. The molecule has 0 aliphatic carbocycles. The van der Waals surface area contributed by atoms with Crippen LogP contribution in [0.25, 0.3) is 0 Å². The highest BCUT2D eigenvalue weighted by molar-refractivity contribution is 6.06. The number of hydrogen-bond donors (Lipinski definition) is 2. The molecule has 7 heteroatoms. The number of β-amino-alcohol motifs (C(OH)–C–C–N with tert-alkyl or cyclic N) is 1. The Kier molecular flexibility index (Phi) is 7.47. The zero-order valence-electron chi connectivity index (χ0n) is 16.4. The molecule has 150 valence electrons. The molecule has 1 saturated heterocycles. The fraction of sp³-hybridized carbons (Fsp3) is 0.600. The molecule has 1 aliphatic rings. The van der Waals surface area contributed by atoms with E-state index in [1.807, 2.05) is 0 Å². The van der Waals surface area contributed by atoms with Crippen molar-refractivity contribution in [2.75, 3.05) is 20.3 Å². The normalized spacial score (nSPS) is 20.5. The summed E-state index contributed by atoms with van der Waals surface area (Å²) in [6.07, 6.45) is 3.78. The van der Waals surface area contributed by atoms with Crippen molar-refractivity contribution in [2.45, 2.75) is 57.6 Å². The number of aliphatic hydroxyl groups excluding tert-OH is 1. The highest BCUT2D eigenvalue weighted by Crippen LogP contribution is 2.24. The molecule has 1 aromatic carbocycles. The van der Waals surface area contributed by atoms with Crippen LogP contribution in [0.5, 0.6) is 11.5 Å². The van der Waals surface area contributed by atoms with Crippen LogP contribution in [0.15, 0.2) is 24.3 Å². The molecule has 2 unspecified atom stereocenters. The minimum Gasteiger partial charge on any atom is -0.497 e. The predicted octanol–water partition coefficient (Wildman–Crippen LogP) is 2.72. The quantitative estimate of drug-likeness (QED) is 0.457. The maximum atomic E-state index is 12.7. The van der Waals surface area contributed by atoms with Crippen molar-refractivity contribution in [3.05, 3.63) is 24.3 Å². The smallest absolute Gasteiger partial charge is 0.325 e. The number of aliphatic hydroxyl groups is 1. The molecule has 27 heavy (non-hydrogen) atoms. The molecule has 0 spiro atoms. The van der Waals surface area contributed by atoms with Gasteiger partial charge in [-0.1, -0.05) is 32.6 Å². The van der Waals surface area contributed by atoms with Crippen molar-refractivity contribution in [3.8, 4) is 11.5 Å². The maximum absolute atomic E-state index is 12.7. The van der Waals surface area contributed by atoms with Gasteiger partial charge < -0.3 is 19.9 Å². The highest BCUT2D eigenvalue weighted by Gasteiger charge is 2.47. The lowest BCUT2D eigenvalue weighted by atomic mass is 9.94. The number of nitrogens with zero attached hydrogens (tertiary/aromatic N) is 1. The molecule has 2 rings (SSSR count). The van der Waals surface area contributed by atoms with Crippen molar-refractivity contribution in [1.82, 2.24) is 10.2 Å². The van der Waals surface area contributed by atoms with Crippen LogP contribution in [0.1, 0.15) is 46.0 Å². The summed E-state index contributed by atoms with van der Waals surface area (Å²) in [4.78, 5) is 25.9. The number of imide groups is 1. The first kappa shape index (κ1) is 21.0. The van der Waals surface area contributed by atoms with Crippen molar-refractivity contribution in [3.63, 3.8) is 0 Å². The van der Waals surface area contributed by atoms with Crippen LogP contribution >= 0.6 is 0 Å². The minimum absolute atomic E-state index is 0.0173. The molecule has 0 bridgehead atoms. The van der Waals surface area contributed by atoms with E-state index in [2.05, 4.69) is 12.2 Å². The Hall–Kier alpha value is -2.28. The number of urea groups is 1. The van der Waals surface area contributed by atoms with Gasteiger partial charge in [0.25, 0.3) is 5.91 Å². The lowest BCUT2D eigenvalue weighted by Crippen LogP contribution is -2.45. The predicted molar refractivity (Wildman–Crippen MR) is 102 cm³/mol. The van der Waals surface area contributed by atoms with Crippen molar-refractivity contribution >= 4 is 11.9 Å². The number of carbonyl (C=O) groups is 2. The average Bonchev–Trinajstić information content (AvgIpc) is 2.87. The van der Waals surface area contributed by atoms with E-state index in [4.69, 9.17) is 9.47 Å². The van der Waals surface area contributed by atoms with Gasteiger partial charge in [0.1, 0.15) is 29.7 Å². The summed E-state index contributed by atoms with van der Waals surface area (Å²) in [5.74, 6) is 1.00. The van der Waals surface area contributed by atoms with Gasteiger partial charge in [-0.05, 0) is 37.6 Å². The van der Waals surface area contributed by atoms with Crippen molar-refractivity contribution in [1.29, 1.82) is 0 Å². The average molecular weight is 378 g/mol. The van der Waals surface area contributed by atoms with Crippen LogP contribution in [-0.2, 0) is 4.79 Å². The van der Waals surface area contributed by atoms with Crippen LogP contribution in [0.2, 0.25) is 0 Å². The van der Waals surface area contributed by atoms with Crippen molar-refractivity contribution in [2.24, 2.45) is 0 Å². The van der Waals surface area contributed by atoms with Gasteiger partial charge in [-0.2, -0.15) is 0 Å². The second-order valence-corrected chi connectivity index (χ2v) is 7.13. The van der Waals surface area contributed by atoms with E-state index >= 15 is 0 Å². The first-order valence-electron chi connectivity index (χ1n) is 9.48. The molecule has 0 radical (unpaired) electrons. The van der Waals surface area contributed by atoms with E-state index in [1.54, 1.807) is 38.3 Å². The van der Waals surface area contributed by atoms with Crippen LogP contribution in [0, 0.1) is 0 Å². The maximum Gasteiger partial charge on any atom is 0.325 e. The first-order chi connectivity index (χ1) is 12.9. The van der Waals surface area contributed by atoms with Gasteiger partial charge in [-0.15, -0.1) is 0 Å². The topological polar surface area (TPSA) is 88.1 Å². The third-order valence-corrected chi connectivity index (χ3v) is 4.77. The van der Waals surface area contributed by atoms with Crippen LogP contribution in [-0.4, -0.2) is 53.8 Å². The number of methoxy groups -OCH3 is 1. The Morgan fingerprint density at radius 1 is 1.15 bits per heavy atom. The molecule has 1 heterocycles. The monoisotopic (exact) mass is 378 g/mol. The van der Waals surface area contributed by atoms with Crippen LogP contribution < -0.4 is 14.8 Å². The van der Waals surface area contributed by atoms with Gasteiger partial charge in [-0.25, -0.2) is 4.79 Å². The largest absolute Gasteiger partial charge is 0.497 e. The molecule has 7 nitrogen and oxygen atoms in total. The first-order valence-corrected chi connectivity index (χ1v) is 9.48. The molecule has 0 saturated carbocycles. The molecule has 0 aromatic heterocycles. The van der Waals surface area contributed by atoms with Gasteiger partial charge >= 0.3 is 6.03 Å². The highest BCUT2D eigenvalue weighted by atomic mass is 16.5. The number of unbranched alkanes of at least 4 members (excludes halogenated alkanes) is 3. The summed E-state index contributed by atoms with van der Waals surface area (Å²) in [5.41, 5.74) is -0.888. The number of amides is 3. The number of ether oxygens (including phenoxy) is 2. The molecule has 2 atom stereocenters. The second kappa shape index (κ2) is 9.60. The van der Waals surface area contributed by atoms with Crippen molar-refractivity contribution < 1.29 is 24.2 Å². The summed E-state index contributed by atoms with van der Waals surface area (Å²) < 4.78 is 10.6. The Morgan fingerprint density at radius 2 is 1.81 bits per heavy atom. The van der Waals surface area contributed by atoms with E-state index in [0.29, 0.717) is 17.9 Å². The van der Waals surface area contributed by atoms with Gasteiger partial charge in [0.05, 0.1) is 13.7 Å². The molecule has 1 aliphatic heterocycles. The summed E-state index contributed by atoms with van der Waals surface area (Å²) in [7, 11) is 1.58. The zero-order valence-corrected chi connectivity index (χ0v) is 16.4. The van der Waals surface area contributed by atoms with E-state index in [-0.39, 0.29) is 19.1 Å².